The third-order valence-electron chi connectivity index (χ3n) is 4.46. The summed E-state index contributed by atoms with van der Waals surface area (Å²) in [6.45, 7) is 3.50. The summed E-state index contributed by atoms with van der Waals surface area (Å²) in [5.74, 6) is -0.753. The number of alkyl halides is 3. The molecule has 0 atom stereocenters. The Morgan fingerprint density at radius 3 is 2.41 bits per heavy atom. The van der Waals surface area contributed by atoms with Gasteiger partial charge < -0.3 is 5.32 Å². The molecule has 0 unspecified atom stereocenters. The van der Waals surface area contributed by atoms with Crippen molar-refractivity contribution >= 4 is 5.91 Å². The molecule has 0 radical (unpaired) electrons. The molecular weight excluding hydrogens is 383 g/mol. The van der Waals surface area contributed by atoms with Gasteiger partial charge in [0, 0.05) is 18.3 Å². The molecule has 2 aromatic carbocycles. The lowest BCUT2D eigenvalue weighted by molar-refractivity contribution is -0.137. The van der Waals surface area contributed by atoms with Gasteiger partial charge in [0.15, 0.2) is 5.69 Å². The molecule has 0 saturated carbocycles. The molecule has 150 valence electrons. The number of aromatic nitrogens is 2. The Hall–Kier alpha value is -3.42. The molecule has 8 heteroatoms. The first-order valence-electron chi connectivity index (χ1n) is 8.79. The topological polar surface area (TPSA) is 64.0 Å². The SMILES string of the molecule is Cc1ccccc1CNC(=O)c1nn(-c2ccccc2C(F)(F)F)c(C)cc1=O. The highest BCUT2D eigenvalue weighted by molar-refractivity contribution is 5.92. The number of aryl methyl sites for hydroxylation is 2. The van der Waals surface area contributed by atoms with Crippen LogP contribution in [0.5, 0.6) is 0 Å². The molecule has 1 N–H and O–H groups in total. The van der Waals surface area contributed by atoms with Gasteiger partial charge in [-0.2, -0.15) is 18.3 Å². The average molecular weight is 401 g/mol. The van der Waals surface area contributed by atoms with Crippen molar-refractivity contribution in [3.8, 4) is 5.69 Å². The Morgan fingerprint density at radius 1 is 1.07 bits per heavy atom. The fraction of sp³-hybridized carbons (Fsp3) is 0.190. The lowest BCUT2D eigenvalue weighted by Gasteiger charge is -2.16. The second-order valence-corrected chi connectivity index (χ2v) is 6.53. The maximum Gasteiger partial charge on any atom is 0.418 e. The minimum absolute atomic E-state index is 0.166. The van der Waals surface area contributed by atoms with Crippen molar-refractivity contribution in [2.45, 2.75) is 26.6 Å². The van der Waals surface area contributed by atoms with Crippen molar-refractivity contribution in [2.24, 2.45) is 0 Å². The number of hydrogen-bond acceptors (Lipinski definition) is 3. The second kappa shape index (κ2) is 7.90. The van der Waals surface area contributed by atoms with Gasteiger partial charge in [0.05, 0.1) is 11.3 Å². The number of carbonyl (C=O) groups is 1. The van der Waals surface area contributed by atoms with Crippen molar-refractivity contribution in [3.63, 3.8) is 0 Å². The van der Waals surface area contributed by atoms with Gasteiger partial charge in [0.1, 0.15) is 0 Å². The van der Waals surface area contributed by atoms with Gasteiger partial charge in [-0.3, -0.25) is 9.59 Å². The molecule has 29 heavy (non-hydrogen) atoms. The molecule has 0 bridgehead atoms. The van der Waals surface area contributed by atoms with Gasteiger partial charge in [-0.15, -0.1) is 0 Å². The standard InChI is InChI=1S/C21H18F3N3O2/c1-13-7-3-4-8-15(13)12-25-20(29)19-18(28)11-14(2)27(26-19)17-10-6-5-9-16(17)21(22,23)24/h3-11H,12H2,1-2H3,(H,25,29). The maximum absolute atomic E-state index is 13.4. The number of rotatable bonds is 4. The van der Waals surface area contributed by atoms with E-state index in [9.17, 15) is 22.8 Å². The Labute approximate surface area is 164 Å². The van der Waals surface area contributed by atoms with Crippen LogP contribution in [0.4, 0.5) is 13.2 Å². The summed E-state index contributed by atoms with van der Waals surface area (Å²) in [6.07, 6.45) is -4.61. The highest BCUT2D eigenvalue weighted by Gasteiger charge is 2.34. The molecule has 3 rings (SSSR count). The number of benzene rings is 2. The largest absolute Gasteiger partial charge is 0.418 e. The van der Waals surface area contributed by atoms with Crippen LogP contribution in [0.2, 0.25) is 0 Å². The summed E-state index contributed by atoms with van der Waals surface area (Å²) < 4.78 is 41.1. The predicted molar refractivity (Wildman–Crippen MR) is 102 cm³/mol. The van der Waals surface area contributed by atoms with E-state index in [0.717, 1.165) is 27.9 Å². The van der Waals surface area contributed by atoms with Crippen LogP contribution in [0.25, 0.3) is 5.69 Å². The fourth-order valence-corrected chi connectivity index (χ4v) is 2.91. The minimum Gasteiger partial charge on any atom is -0.346 e. The third-order valence-corrected chi connectivity index (χ3v) is 4.46. The second-order valence-electron chi connectivity index (χ2n) is 6.53. The highest BCUT2D eigenvalue weighted by atomic mass is 19.4. The lowest BCUT2D eigenvalue weighted by Crippen LogP contribution is -2.32. The van der Waals surface area contributed by atoms with E-state index in [2.05, 4.69) is 10.4 Å². The van der Waals surface area contributed by atoms with E-state index >= 15 is 0 Å². The number of nitrogens with one attached hydrogen (secondary N) is 1. The molecule has 0 fully saturated rings. The fourth-order valence-electron chi connectivity index (χ4n) is 2.91. The smallest absolute Gasteiger partial charge is 0.346 e. The molecule has 1 heterocycles. The Kier molecular flexibility index (Phi) is 5.54. The number of carbonyl (C=O) groups excluding carboxylic acids is 1. The number of nitrogens with zero attached hydrogens (tertiary/aromatic N) is 2. The quantitative estimate of drug-likeness (QED) is 0.723. The van der Waals surface area contributed by atoms with Gasteiger partial charge in [-0.1, -0.05) is 36.4 Å². The lowest BCUT2D eigenvalue weighted by atomic mass is 10.1. The van der Waals surface area contributed by atoms with Crippen LogP contribution in [-0.2, 0) is 12.7 Å². The average Bonchev–Trinajstić information content (AvgIpc) is 2.66. The van der Waals surface area contributed by atoms with Crippen molar-refractivity contribution in [3.05, 3.63) is 92.9 Å². The molecular formula is C21H18F3N3O2. The summed E-state index contributed by atoms with van der Waals surface area (Å²) in [5.41, 5.74) is -0.304. The van der Waals surface area contributed by atoms with E-state index in [1.807, 2.05) is 31.2 Å². The summed E-state index contributed by atoms with van der Waals surface area (Å²) >= 11 is 0. The predicted octanol–water partition coefficient (Wildman–Crippen LogP) is 3.80. The van der Waals surface area contributed by atoms with Crippen LogP contribution >= 0.6 is 0 Å². The van der Waals surface area contributed by atoms with Crippen LogP contribution in [0.1, 0.15) is 32.9 Å². The molecule has 3 aromatic rings. The van der Waals surface area contributed by atoms with Crippen LogP contribution < -0.4 is 10.7 Å². The van der Waals surface area contributed by atoms with Gasteiger partial charge in [0.2, 0.25) is 5.43 Å². The Bertz CT molecular complexity index is 1120. The number of halogens is 3. The Balaban J connectivity index is 1.98. The van der Waals surface area contributed by atoms with Crippen molar-refractivity contribution in [1.29, 1.82) is 0 Å². The van der Waals surface area contributed by atoms with Crippen LogP contribution in [0.3, 0.4) is 0 Å². The molecule has 0 aliphatic carbocycles. The first-order valence-corrected chi connectivity index (χ1v) is 8.79. The van der Waals surface area contributed by atoms with E-state index in [1.165, 1.54) is 25.1 Å². The molecule has 0 spiro atoms. The van der Waals surface area contributed by atoms with E-state index in [0.29, 0.717) is 0 Å². The van der Waals surface area contributed by atoms with Gasteiger partial charge >= 0.3 is 6.18 Å². The summed E-state index contributed by atoms with van der Waals surface area (Å²) in [6, 6.07) is 13.3. The van der Waals surface area contributed by atoms with Crippen LogP contribution in [0.15, 0.2) is 59.4 Å². The minimum atomic E-state index is -4.61. The van der Waals surface area contributed by atoms with E-state index < -0.39 is 28.8 Å². The first-order chi connectivity index (χ1) is 13.7. The Morgan fingerprint density at radius 2 is 1.72 bits per heavy atom. The number of amides is 1. The zero-order valence-electron chi connectivity index (χ0n) is 15.7. The van der Waals surface area contributed by atoms with Crippen molar-refractivity contribution < 1.29 is 18.0 Å². The van der Waals surface area contributed by atoms with E-state index in [1.54, 1.807) is 0 Å². The van der Waals surface area contributed by atoms with Crippen molar-refractivity contribution in [1.82, 2.24) is 15.1 Å². The van der Waals surface area contributed by atoms with Crippen LogP contribution in [0, 0.1) is 13.8 Å². The molecule has 0 aliphatic rings. The van der Waals surface area contributed by atoms with Crippen LogP contribution in [-0.4, -0.2) is 15.7 Å². The normalized spacial score (nSPS) is 11.3. The highest BCUT2D eigenvalue weighted by Crippen LogP contribution is 2.33. The summed E-state index contributed by atoms with van der Waals surface area (Å²) in [7, 11) is 0. The monoisotopic (exact) mass is 401 g/mol. The zero-order valence-corrected chi connectivity index (χ0v) is 15.7. The van der Waals surface area contributed by atoms with Gasteiger partial charge in [-0.05, 0) is 37.1 Å². The maximum atomic E-state index is 13.4. The van der Waals surface area contributed by atoms with Gasteiger partial charge in [0.25, 0.3) is 5.91 Å². The number of para-hydroxylation sites is 1. The molecule has 5 nitrogen and oxygen atoms in total. The first kappa shape index (κ1) is 20.3. The molecule has 0 aliphatic heterocycles. The molecule has 1 aromatic heterocycles. The summed E-state index contributed by atoms with van der Waals surface area (Å²) in [5, 5.41) is 6.55. The number of hydrogen-bond donors (Lipinski definition) is 1. The molecule has 0 saturated heterocycles. The van der Waals surface area contributed by atoms with E-state index in [4.69, 9.17) is 0 Å². The summed E-state index contributed by atoms with van der Waals surface area (Å²) in [4.78, 5) is 24.8. The van der Waals surface area contributed by atoms with Crippen molar-refractivity contribution in [2.75, 3.05) is 0 Å². The van der Waals surface area contributed by atoms with Gasteiger partial charge in [-0.25, -0.2) is 4.68 Å². The molecule has 1 amide bonds. The van der Waals surface area contributed by atoms with E-state index in [-0.39, 0.29) is 17.9 Å². The zero-order chi connectivity index (χ0) is 21.2. The third kappa shape index (κ3) is 4.37.